The predicted molar refractivity (Wildman–Crippen MR) is 44.1 cm³/mol. The van der Waals surface area contributed by atoms with Gasteiger partial charge in [0.2, 0.25) is 0 Å². The number of hydrogen-bond donors (Lipinski definition) is 0. The first kappa shape index (κ1) is 9.21. The second-order valence-electron chi connectivity index (χ2n) is 2.53. The molecule has 0 spiro atoms. The van der Waals surface area contributed by atoms with Crippen LogP contribution in [0.2, 0.25) is 0 Å². The maximum atomic E-state index is 4.23. The van der Waals surface area contributed by atoms with Crippen LogP contribution in [0.15, 0.2) is 12.3 Å². The minimum atomic E-state index is 0. The van der Waals surface area contributed by atoms with E-state index in [-0.39, 0.29) is 7.43 Å². The summed E-state index contributed by atoms with van der Waals surface area (Å²) in [6, 6.07) is 2.50. The van der Waals surface area contributed by atoms with Crippen molar-refractivity contribution in [2.45, 2.75) is 34.2 Å². The van der Waals surface area contributed by atoms with Gasteiger partial charge in [-0.05, 0) is 26.8 Å². The lowest BCUT2D eigenvalue weighted by Gasteiger charge is -2.02. The van der Waals surface area contributed by atoms with Crippen LogP contribution in [-0.4, -0.2) is 9.78 Å². The van der Waals surface area contributed by atoms with Gasteiger partial charge in [-0.2, -0.15) is 5.10 Å². The Morgan fingerprint density at radius 1 is 1.50 bits per heavy atom. The Labute approximate surface area is 62.9 Å². The van der Waals surface area contributed by atoms with E-state index in [1.54, 1.807) is 0 Å². The van der Waals surface area contributed by atoms with E-state index in [0.717, 1.165) is 5.69 Å². The van der Waals surface area contributed by atoms with E-state index in [0.29, 0.717) is 6.04 Å². The topological polar surface area (TPSA) is 17.8 Å². The van der Waals surface area contributed by atoms with Crippen molar-refractivity contribution in [3.05, 3.63) is 18.0 Å². The van der Waals surface area contributed by atoms with Crippen molar-refractivity contribution in [2.24, 2.45) is 0 Å². The molecule has 0 fully saturated rings. The molecule has 0 aliphatic rings. The van der Waals surface area contributed by atoms with Crippen molar-refractivity contribution >= 4 is 0 Å². The van der Waals surface area contributed by atoms with E-state index in [4.69, 9.17) is 0 Å². The van der Waals surface area contributed by atoms with Gasteiger partial charge in [-0.15, -0.1) is 0 Å². The molecular formula is C8H16N2. The van der Waals surface area contributed by atoms with Crippen LogP contribution in [0.5, 0.6) is 0 Å². The van der Waals surface area contributed by atoms with Gasteiger partial charge >= 0.3 is 0 Å². The summed E-state index contributed by atoms with van der Waals surface area (Å²) in [4.78, 5) is 0. The molecule has 2 heteroatoms. The van der Waals surface area contributed by atoms with Crippen molar-refractivity contribution in [1.29, 1.82) is 0 Å². The Kier molecular flexibility index (Phi) is 3.13. The van der Waals surface area contributed by atoms with E-state index in [2.05, 4.69) is 18.9 Å². The fraction of sp³-hybridized carbons (Fsp3) is 0.625. The quantitative estimate of drug-likeness (QED) is 0.585. The maximum absolute atomic E-state index is 4.23. The molecular weight excluding hydrogens is 124 g/mol. The summed E-state index contributed by atoms with van der Waals surface area (Å²) in [5.74, 6) is 0. The summed E-state index contributed by atoms with van der Waals surface area (Å²) < 4.78 is 1.95. The number of nitrogens with zero attached hydrogens (tertiary/aromatic N) is 2. The molecule has 1 aromatic heterocycles. The number of rotatable bonds is 1. The van der Waals surface area contributed by atoms with Gasteiger partial charge in [0.15, 0.2) is 0 Å². The van der Waals surface area contributed by atoms with Crippen LogP contribution in [0, 0.1) is 6.92 Å². The molecule has 0 aliphatic heterocycles. The van der Waals surface area contributed by atoms with Crippen molar-refractivity contribution in [3.8, 4) is 0 Å². The van der Waals surface area contributed by atoms with Crippen LogP contribution in [0.1, 0.15) is 33.0 Å². The number of hydrogen-bond acceptors (Lipinski definition) is 1. The normalized spacial score (nSPS) is 9.60. The first-order valence-electron chi connectivity index (χ1n) is 3.22. The van der Waals surface area contributed by atoms with Gasteiger partial charge in [0.25, 0.3) is 0 Å². The highest BCUT2D eigenvalue weighted by molar-refractivity contribution is 4.95. The fourth-order valence-electron chi connectivity index (χ4n) is 0.721. The Bertz CT molecular complexity index is 189. The highest BCUT2D eigenvalue weighted by atomic mass is 15.3. The lowest BCUT2D eigenvalue weighted by molar-refractivity contribution is 0.529. The Balaban J connectivity index is 0.000000810. The van der Waals surface area contributed by atoms with E-state index in [1.807, 2.05) is 23.9 Å². The van der Waals surface area contributed by atoms with Crippen LogP contribution >= 0.6 is 0 Å². The van der Waals surface area contributed by atoms with E-state index >= 15 is 0 Å². The molecule has 1 aromatic rings. The Morgan fingerprint density at radius 3 is 2.30 bits per heavy atom. The number of aromatic nitrogens is 2. The molecule has 2 nitrogen and oxygen atoms in total. The molecule has 1 rings (SSSR count). The van der Waals surface area contributed by atoms with Crippen LogP contribution in [0.25, 0.3) is 0 Å². The fourth-order valence-corrected chi connectivity index (χ4v) is 0.721. The molecule has 0 saturated carbocycles. The van der Waals surface area contributed by atoms with Crippen LogP contribution in [0.4, 0.5) is 0 Å². The summed E-state index contributed by atoms with van der Waals surface area (Å²) in [6.45, 7) is 6.23. The van der Waals surface area contributed by atoms with Crippen LogP contribution in [0.3, 0.4) is 0 Å². The maximum Gasteiger partial charge on any atom is 0.0593 e. The molecule has 58 valence electrons. The Morgan fingerprint density at radius 2 is 2.10 bits per heavy atom. The van der Waals surface area contributed by atoms with Gasteiger partial charge in [-0.1, -0.05) is 7.43 Å². The summed E-state index contributed by atoms with van der Waals surface area (Å²) in [5, 5.41) is 4.23. The average Bonchev–Trinajstić information content (AvgIpc) is 2.14. The molecule has 0 aliphatic carbocycles. The van der Waals surface area contributed by atoms with E-state index < -0.39 is 0 Å². The standard InChI is InChI=1S/C7H12N2.CH4/c1-6(2)9-5-4-7(3)8-9;/h4-6H,1-3H3;1H4. The monoisotopic (exact) mass is 140 g/mol. The predicted octanol–water partition coefficient (Wildman–Crippen LogP) is 2.41. The summed E-state index contributed by atoms with van der Waals surface area (Å²) >= 11 is 0. The Hall–Kier alpha value is -0.790. The molecule has 0 atom stereocenters. The highest BCUT2D eigenvalue weighted by Gasteiger charge is 1.95. The summed E-state index contributed by atoms with van der Waals surface area (Å²) in [6.07, 6.45) is 2.00. The smallest absolute Gasteiger partial charge is 0.0593 e. The highest BCUT2D eigenvalue weighted by Crippen LogP contribution is 2.01. The molecule has 1 heterocycles. The van der Waals surface area contributed by atoms with Crippen molar-refractivity contribution in [2.75, 3.05) is 0 Å². The second kappa shape index (κ2) is 3.40. The zero-order valence-electron chi connectivity index (χ0n) is 6.13. The largest absolute Gasteiger partial charge is 0.270 e. The van der Waals surface area contributed by atoms with Gasteiger partial charge < -0.3 is 0 Å². The van der Waals surface area contributed by atoms with Gasteiger partial charge in [-0.25, -0.2) is 0 Å². The number of aryl methyl sites for hydroxylation is 1. The molecule has 0 saturated heterocycles. The van der Waals surface area contributed by atoms with Gasteiger partial charge in [0, 0.05) is 12.2 Å². The molecule has 10 heavy (non-hydrogen) atoms. The summed E-state index contributed by atoms with van der Waals surface area (Å²) in [5.41, 5.74) is 1.09. The molecule has 0 N–H and O–H groups in total. The third-order valence-corrected chi connectivity index (χ3v) is 1.27. The van der Waals surface area contributed by atoms with Gasteiger partial charge in [-0.3, -0.25) is 4.68 Å². The first-order valence-corrected chi connectivity index (χ1v) is 3.22. The minimum absolute atomic E-state index is 0. The molecule has 0 amide bonds. The first-order chi connectivity index (χ1) is 4.20. The molecule has 0 unspecified atom stereocenters. The minimum Gasteiger partial charge on any atom is -0.270 e. The SMILES string of the molecule is C.Cc1ccn(C(C)C)n1. The third-order valence-electron chi connectivity index (χ3n) is 1.27. The van der Waals surface area contributed by atoms with Crippen molar-refractivity contribution in [3.63, 3.8) is 0 Å². The third kappa shape index (κ3) is 1.87. The van der Waals surface area contributed by atoms with Gasteiger partial charge in [0.05, 0.1) is 5.69 Å². The van der Waals surface area contributed by atoms with Crippen LogP contribution < -0.4 is 0 Å². The van der Waals surface area contributed by atoms with E-state index in [1.165, 1.54) is 0 Å². The second-order valence-corrected chi connectivity index (χ2v) is 2.53. The van der Waals surface area contributed by atoms with Gasteiger partial charge in [0.1, 0.15) is 0 Å². The lowest BCUT2D eigenvalue weighted by atomic mass is 10.4. The van der Waals surface area contributed by atoms with Crippen molar-refractivity contribution < 1.29 is 0 Å². The molecule has 0 radical (unpaired) electrons. The average molecular weight is 140 g/mol. The van der Waals surface area contributed by atoms with Crippen molar-refractivity contribution in [1.82, 2.24) is 9.78 Å². The molecule has 0 aromatic carbocycles. The zero-order valence-corrected chi connectivity index (χ0v) is 6.13. The zero-order chi connectivity index (χ0) is 6.85. The summed E-state index contributed by atoms with van der Waals surface area (Å²) in [7, 11) is 0. The van der Waals surface area contributed by atoms with Crippen LogP contribution in [-0.2, 0) is 0 Å². The molecule has 0 bridgehead atoms. The van der Waals surface area contributed by atoms with E-state index in [9.17, 15) is 0 Å². The lowest BCUT2D eigenvalue weighted by Crippen LogP contribution is -2.00.